The molecule has 2 fully saturated rings. The van der Waals surface area contributed by atoms with Gasteiger partial charge in [0.15, 0.2) is 17.9 Å². The fourth-order valence-corrected chi connectivity index (χ4v) is 7.38. The first kappa shape index (κ1) is 33.1. The molecule has 45 heavy (non-hydrogen) atoms. The minimum Gasteiger partial charge on any atom is -0.391 e. The molecule has 0 unspecified atom stereocenters. The van der Waals surface area contributed by atoms with Crippen molar-refractivity contribution in [2.45, 2.75) is 77.4 Å². The maximum Gasteiger partial charge on any atom is 0.243 e. The number of aryl methyl sites for hydroxylation is 1. The van der Waals surface area contributed by atoms with E-state index in [0.717, 1.165) is 47.6 Å². The predicted molar refractivity (Wildman–Crippen MR) is 172 cm³/mol. The smallest absolute Gasteiger partial charge is 0.243 e. The Bertz CT molecular complexity index is 1430. The molecular weight excluding hydrogens is 594 g/mol. The highest BCUT2D eigenvalue weighted by Crippen LogP contribution is 2.34. The lowest BCUT2D eigenvalue weighted by Gasteiger charge is -2.34. The van der Waals surface area contributed by atoms with Gasteiger partial charge in [-0.15, -0.1) is 11.3 Å². The molecule has 0 aliphatic carbocycles. The second-order valence-electron chi connectivity index (χ2n) is 12.5. The number of carbonyl (C=O) groups excluding carboxylic acids is 2. The minimum atomic E-state index is -0.788. The largest absolute Gasteiger partial charge is 0.391 e. The van der Waals surface area contributed by atoms with Crippen LogP contribution in [0.1, 0.15) is 69.0 Å². The third kappa shape index (κ3) is 7.24. The number of amides is 2. The number of aliphatic hydroxyl groups is 1. The van der Waals surface area contributed by atoms with Gasteiger partial charge in [-0.25, -0.2) is 4.98 Å². The van der Waals surface area contributed by atoms with Crippen LogP contribution in [-0.2, 0) is 19.1 Å². The molecule has 0 saturated carbocycles. The van der Waals surface area contributed by atoms with Crippen molar-refractivity contribution in [2.24, 2.45) is 11.8 Å². The first-order chi connectivity index (χ1) is 21.6. The first-order valence-corrected chi connectivity index (χ1v) is 16.6. The van der Waals surface area contributed by atoms with E-state index in [1.807, 2.05) is 63.5 Å². The van der Waals surface area contributed by atoms with E-state index in [1.165, 1.54) is 4.90 Å². The average molecular weight is 640 g/mol. The van der Waals surface area contributed by atoms with Crippen molar-refractivity contribution < 1.29 is 28.7 Å². The monoisotopic (exact) mass is 639 g/mol. The molecule has 4 atom stereocenters. The lowest BCUT2D eigenvalue weighted by molar-refractivity contribution is -0.141. The summed E-state index contributed by atoms with van der Waals surface area (Å²) in [6, 6.07) is 8.83. The number of hydrogen-bond acceptors (Lipinski definition) is 10. The summed E-state index contributed by atoms with van der Waals surface area (Å²) in [5.41, 5.74) is 4.85. The summed E-state index contributed by atoms with van der Waals surface area (Å²) in [6.45, 7) is 9.44. The van der Waals surface area contributed by atoms with Crippen LogP contribution in [0.3, 0.4) is 0 Å². The highest BCUT2D eigenvalue weighted by atomic mass is 32.1. The fourth-order valence-electron chi connectivity index (χ4n) is 6.57. The van der Waals surface area contributed by atoms with E-state index in [1.54, 1.807) is 25.6 Å². The number of nitrogens with one attached hydrogen (secondary N) is 1. The highest BCUT2D eigenvalue weighted by molar-refractivity contribution is 7.13. The first-order valence-electron chi connectivity index (χ1n) is 15.7. The number of hydrogen-bond donors (Lipinski definition) is 2. The number of nitrogens with zero attached hydrogens (tertiary/aromatic N) is 4. The van der Waals surface area contributed by atoms with Crippen molar-refractivity contribution in [3.05, 3.63) is 52.9 Å². The van der Waals surface area contributed by atoms with E-state index in [2.05, 4.69) is 20.4 Å². The Kier molecular flexibility index (Phi) is 10.6. The Morgan fingerprint density at radius 2 is 1.80 bits per heavy atom. The Balaban J connectivity index is 1.25. The molecule has 2 aromatic heterocycles. The molecule has 2 amide bonds. The van der Waals surface area contributed by atoms with Crippen LogP contribution in [0.25, 0.3) is 10.4 Å². The molecule has 2 aliphatic heterocycles. The summed E-state index contributed by atoms with van der Waals surface area (Å²) >= 11 is 1.60. The van der Waals surface area contributed by atoms with Gasteiger partial charge in [-0.2, -0.15) is 0 Å². The lowest BCUT2D eigenvalue weighted by atomic mass is 9.91. The Morgan fingerprint density at radius 3 is 2.40 bits per heavy atom. The summed E-state index contributed by atoms with van der Waals surface area (Å²) in [4.78, 5) is 36.7. The molecule has 2 N–H and O–H groups in total. The number of β-amino-alcohol motifs (C(OH)–C–C–N with tert-alkyl or cyclic N) is 1. The van der Waals surface area contributed by atoms with E-state index >= 15 is 0 Å². The zero-order valence-corrected chi connectivity index (χ0v) is 27.8. The van der Waals surface area contributed by atoms with Crippen molar-refractivity contribution in [3.63, 3.8) is 0 Å². The minimum absolute atomic E-state index is 0.0894. The molecule has 1 aromatic carbocycles. The number of piperidine rings is 1. The van der Waals surface area contributed by atoms with E-state index in [0.29, 0.717) is 17.5 Å². The van der Waals surface area contributed by atoms with Crippen molar-refractivity contribution in [1.82, 2.24) is 20.4 Å². The van der Waals surface area contributed by atoms with Crippen molar-refractivity contribution in [3.8, 4) is 10.4 Å². The number of benzene rings is 1. The van der Waals surface area contributed by atoms with Crippen LogP contribution >= 0.6 is 11.3 Å². The molecule has 5 rings (SSSR count). The second kappa shape index (κ2) is 14.4. The van der Waals surface area contributed by atoms with Gasteiger partial charge >= 0.3 is 0 Å². The molecule has 0 bridgehead atoms. The predicted octanol–water partition coefficient (Wildman–Crippen LogP) is 4.52. The van der Waals surface area contributed by atoms with Crippen LogP contribution in [-0.4, -0.2) is 84.3 Å². The van der Waals surface area contributed by atoms with Crippen molar-refractivity contribution >= 4 is 29.0 Å². The zero-order valence-electron chi connectivity index (χ0n) is 26.9. The number of carbonyl (C=O) groups is 2. The maximum atomic E-state index is 14.1. The molecule has 3 aromatic rings. The normalized spacial score (nSPS) is 20.6. The summed E-state index contributed by atoms with van der Waals surface area (Å²) in [6.07, 6.45) is 0.935. The molecular formula is C33H45N5O6S. The SMILES string of the molecule is COC(OC)C1CCN(c2cc([C@H](C(=O)N3C[C@H](O)C[C@H]3C(=O)N[C@@H](C)c3ccc(-c4scnc4C)cc3)C(C)C)on2)CC1. The topological polar surface area (TPSA) is 130 Å². The number of rotatable bonds is 11. The van der Waals surface area contributed by atoms with Crippen LogP contribution < -0.4 is 10.2 Å². The number of thiazole rings is 1. The summed E-state index contributed by atoms with van der Waals surface area (Å²) in [7, 11) is 3.32. The van der Waals surface area contributed by atoms with E-state index < -0.39 is 18.1 Å². The van der Waals surface area contributed by atoms with Crippen LogP contribution in [0, 0.1) is 18.8 Å². The molecule has 2 aliphatic rings. The third-order valence-corrected chi connectivity index (χ3v) is 10.1. The maximum absolute atomic E-state index is 14.1. The van der Waals surface area contributed by atoms with Gasteiger partial charge in [0, 0.05) is 52.3 Å². The van der Waals surface area contributed by atoms with Gasteiger partial charge < -0.3 is 34.2 Å². The quantitative estimate of drug-likeness (QED) is 0.291. The average Bonchev–Trinajstić information content (AvgIpc) is 3.78. The molecule has 11 nitrogen and oxygen atoms in total. The van der Waals surface area contributed by atoms with E-state index in [-0.39, 0.29) is 43.0 Å². The number of aliphatic hydroxyl groups excluding tert-OH is 1. The second-order valence-corrected chi connectivity index (χ2v) is 13.3. The zero-order chi connectivity index (χ0) is 32.2. The summed E-state index contributed by atoms with van der Waals surface area (Å²) in [5, 5.41) is 18.0. The van der Waals surface area contributed by atoms with Crippen LogP contribution in [0.5, 0.6) is 0 Å². The van der Waals surface area contributed by atoms with Crippen molar-refractivity contribution in [2.75, 3.05) is 38.8 Å². The number of anilines is 1. The standard InChI is InChI=1S/C33H45N5O6S/c1-19(2)29(27-16-28(36-44-27)37-13-11-24(12-14-37)33(42-5)43-6)32(41)38-17-25(39)15-26(38)31(40)35-20(3)22-7-9-23(10-8-22)30-21(4)34-18-45-30/h7-10,16,18-20,24-26,29,33,39H,11-15,17H2,1-6H3,(H,35,40)/t20-,25+,26-,29+/m0/s1. The van der Waals surface area contributed by atoms with Crippen LogP contribution in [0.2, 0.25) is 0 Å². The van der Waals surface area contributed by atoms with Gasteiger partial charge in [-0.05, 0) is 43.7 Å². The fraction of sp³-hybridized carbons (Fsp3) is 0.576. The lowest BCUT2D eigenvalue weighted by Crippen LogP contribution is -2.48. The highest BCUT2D eigenvalue weighted by Gasteiger charge is 2.43. The van der Waals surface area contributed by atoms with E-state index in [4.69, 9.17) is 14.0 Å². The van der Waals surface area contributed by atoms with Gasteiger partial charge in [-0.3, -0.25) is 9.59 Å². The number of aromatic nitrogens is 2. The summed E-state index contributed by atoms with van der Waals surface area (Å²) in [5.74, 6) is 0.155. The third-order valence-electron chi connectivity index (χ3n) is 9.11. The van der Waals surface area contributed by atoms with E-state index in [9.17, 15) is 14.7 Å². The Labute approximate surface area is 268 Å². The molecule has 0 radical (unpaired) electrons. The van der Waals surface area contributed by atoms with Crippen LogP contribution in [0.15, 0.2) is 40.4 Å². The summed E-state index contributed by atoms with van der Waals surface area (Å²) < 4.78 is 16.7. The number of methoxy groups -OCH3 is 2. The van der Waals surface area contributed by atoms with Crippen molar-refractivity contribution in [1.29, 1.82) is 0 Å². The van der Waals surface area contributed by atoms with Gasteiger partial charge in [0.25, 0.3) is 0 Å². The van der Waals surface area contributed by atoms with Gasteiger partial charge in [0.2, 0.25) is 11.8 Å². The molecule has 244 valence electrons. The molecule has 2 saturated heterocycles. The Morgan fingerprint density at radius 1 is 1.11 bits per heavy atom. The number of ether oxygens (including phenoxy) is 2. The van der Waals surface area contributed by atoms with Crippen LogP contribution in [0.4, 0.5) is 5.82 Å². The number of likely N-dealkylation sites (tertiary alicyclic amines) is 1. The molecule has 0 spiro atoms. The van der Waals surface area contributed by atoms with Gasteiger partial charge in [0.1, 0.15) is 12.0 Å². The van der Waals surface area contributed by atoms with Gasteiger partial charge in [-0.1, -0.05) is 43.3 Å². The molecule has 12 heteroatoms. The Hall–Kier alpha value is -3.32. The van der Waals surface area contributed by atoms with Gasteiger partial charge in [0.05, 0.1) is 28.2 Å². The molecule has 4 heterocycles.